The molecule has 2 rings (SSSR count). The summed E-state index contributed by atoms with van der Waals surface area (Å²) in [5.41, 5.74) is 0.943. The molecule has 2 aromatic carbocycles. The van der Waals surface area contributed by atoms with Gasteiger partial charge in [-0.2, -0.15) is 0 Å². The molecule has 2 aromatic rings. The fourth-order valence-electron chi connectivity index (χ4n) is 1.87. The van der Waals surface area contributed by atoms with Crippen molar-refractivity contribution in [2.24, 2.45) is 0 Å². The van der Waals surface area contributed by atoms with Crippen molar-refractivity contribution in [3.8, 4) is 0 Å². The van der Waals surface area contributed by atoms with Crippen LogP contribution in [0.15, 0.2) is 40.9 Å². The van der Waals surface area contributed by atoms with E-state index in [9.17, 15) is 13.6 Å². The van der Waals surface area contributed by atoms with E-state index in [2.05, 4.69) is 26.6 Å². The quantitative estimate of drug-likeness (QED) is 0.853. The Morgan fingerprint density at radius 1 is 1.24 bits per heavy atom. The van der Waals surface area contributed by atoms with Gasteiger partial charge in [0.1, 0.15) is 5.82 Å². The molecule has 1 amide bonds. The van der Waals surface area contributed by atoms with E-state index in [1.165, 1.54) is 0 Å². The second-order valence-electron chi connectivity index (χ2n) is 4.27. The lowest BCUT2D eigenvalue weighted by Gasteiger charge is -2.12. The minimum Gasteiger partial charge on any atom is -0.385 e. The Morgan fingerprint density at radius 2 is 1.95 bits per heavy atom. The topological polar surface area (TPSA) is 41.1 Å². The molecule has 0 aliphatic carbocycles. The Morgan fingerprint density at radius 3 is 2.62 bits per heavy atom. The third kappa shape index (κ3) is 3.58. The maximum absolute atomic E-state index is 13.7. The van der Waals surface area contributed by atoms with Crippen LogP contribution in [0.25, 0.3) is 0 Å². The number of carbonyl (C=O) groups excluding carboxylic acids is 1. The molecule has 0 bridgehead atoms. The third-order valence-corrected chi connectivity index (χ3v) is 3.41. The number of amides is 1. The van der Waals surface area contributed by atoms with E-state index in [0.29, 0.717) is 17.8 Å². The van der Waals surface area contributed by atoms with E-state index in [1.807, 2.05) is 6.92 Å². The first kappa shape index (κ1) is 15.4. The van der Waals surface area contributed by atoms with E-state index < -0.39 is 17.5 Å². The average molecular weight is 355 g/mol. The molecule has 0 fully saturated rings. The molecule has 6 heteroatoms. The van der Waals surface area contributed by atoms with E-state index in [-0.39, 0.29) is 10.2 Å². The number of benzene rings is 2. The molecule has 2 N–H and O–H groups in total. The highest BCUT2D eigenvalue weighted by Gasteiger charge is 2.16. The summed E-state index contributed by atoms with van der Waals surface area (Å²) in [4.78, 5) is 12.3. The second-order valence-corrected chi connectivity index (χ2v) is 5.13. The molecule has 0 aromatic heterocycles. The minimum absolute atomic E-state index is 0.0901. The number of hydrogen-bond donors (Lipinski definition) is 2. The molecular weight excluding hydrogens is 342 g/mol. The number of carbonyl (C=O) groups is 1. The fraction of sp³-hybridized carbons (Fsp3) is 0.133. The summed E-state index contributed by atoms with van der Waals surface area (Å²) in [6.07, 6.45) is 0. The lowest BCUT2D eigenvalue weighted by atomic mass is 10.1. The summed E-state index contributed by atoms with van der Waals surface area (Å²) in [5.74, 6) is -2.03. The van der Waals surface area contributed by atoms with Crippen LogP contribution >= 0.6 is 15.9 Å². The molecule has 0 aliphatic heterocycles. The summed E-state index contributed by atoms with van der Waals surface area (Å²) in [6.45, 7) is 2.56. The van der Waals surface area contributed by atoms with E-state index in [4.69, 9.17) is 0 Å². The Bertz CT molecular complexity index is 653. The first-order valence-corrected chi connectivity index (χ1v) is 7.11. The van der Waals surface area contributed by atoms with Gasteiger partial charge in [0, 0.05) is 22.8 Å². The van der Waals surface area contributed by atoms with Crippen molar-refractivity contribution in [2.75, 3.05) is 17.2 Å². The lowest BCUT2D eigenvalue weighted by Crippen LogP contribution is -2.16. The van der Waals surface area contributed by atoms with Crippen LogP contribution in [0.2, 0.25) is 0 Å². The predicted octanol–water partition coefficient (Wildman–Crippen LogP) is 4.41. The summed E-state index contributed by atoms with van der Waals surface area (Å²) < 4.78 is 26.9. The van der Waals surface area contributed by atoms with Crippen LogP contribution in [-0.4, -0.2) is 12.5 Å². The average Bonchev–Trinajstić information content (AvgIpc) is 2.43. The van der Waals surface area contributed by atoms with Crippen LogP contribution < -0.4 is 10.6 Å². The molecule has 0 radical (unpaired) electrons. The van der Waals surface area contributed by atoms with Gasteiger partial charge in [0.05, 0.1) is 11.3 Å². The SMILES string of the molecule is CCNc1ccccc1C(=O)Nc1c(F)cc(F)cc1Br. The van der Waals surface area contributed by atoms with Gasteiger partial charge in [0.15, 0.2) is 5.82 Å². The van der Waals surface area contributed by atoms with Gasteiger partial charge in [-0.05, 0) is 41.1 Å². The monoisotopic (exact) mass is 354 g/mol. The maximum Gasteiger partial charge on any atom is 0.257 e. The Balaban J connectivity index is 2.31. The van der Waals surface area contributed by atoms with E-state index >= 15 is 0 Å². The summed E-state index contributed by atoms with van der Waals surface area (Å²) >= 11 is 3.04. The standard InChI is InChI=1S/C15H13BrF2N2O/c1-2-19-13-6-4-3-5-10(13)15(21)20-14-11(16)7-9(17)8-12(14)18/h3-8,19H,2H2,1H3,(H,20,21). The van der Waals surface area contributed by atoms with Crippen molar-refractivity contribution in [3.63, 3.8) is 0 Å². The van der Waals surface area contributed by atoms with Crippen molar-refractivity contribution >= 4 is 33.2 Å². The van der Waals surface area contributed by atoms with Crippen LogP contribution in [0.4, 0.5) is 20.2 Å². The van der Waals surface area contributed by atoms with Crippen molar-refractivity contribution in [1.82, 2.24) is 0 Å². The van der Waals surface area contributed by atoms with Gasteiger partial charge in [0.2, 0.25) is 0 Å². The molecule has 0 atom stereocenters. The predicted molar refractivity (Wildman–Crippen MR) is 82.6 cm³/mol. The highest BCUT2D eigenvalue weighted by Crippen LogP contribution is 2.28. The first-order chi connectivity index (χ1) is 10.0. The number of rotatable bonds is 4. The fourth-order valence-corrected chi connectivity index (χ4v) is 2.38. The number of para-hydroxylation sites is 1. The molecule has 0 saturated carbocycles. The number of anilines is 2. The molecule has 0 unspecified atom stereocenters. The molecule has 0 saturated heterocycles. The maximum atomic E-state index is 13.7. The van der Waals surface area contributed by atoms with Gasteiger partial charge < -0.3 is 10.6 Å². The van der Waals surface area contributed by atoms with Gasteiger partial charge in [-0.3, -0.25) is 4.79 Å². The van der Waals surface area contributed by atoms with Gasteiger partial charge in [-0.1, -0.05) is 12.1 Å². The van der Waals surface area contributed by atoms with E-state index in [1.54, 1.807) is 24.3 Å². The molecule has 3 nitrogen and oxygen atoms in total. The normalized spacial score (nSPS) is 10.3. The van der Waals surface area contributed by atoms with Gasteiger partial charge in [-0.25, -0.2) is 8.78 Å². The highest BCUT2D eigenvalue weighted by atomic mass is 79.9. The van der Waals surface area contributed by atoms with Gasteiger partial charge in [0.25, 0.3) is 5.91 Å². The molecular formula is C15H13BrF2N2O. The first-order valence-electron chi connectivity index (χ1n) is 6.31. The number of hydrogen-bond acceptors (Lipinski definition) is 2. The molecule has 0 heterocycles. The summed E-state index contributed by atoms with van der Waals surface area (Å²) in [6, 6.07) is 8.71. The van der Waals surface area contributed by atoms with Crippen LogP contribution in [-0.2, 0) is 0 Å². The largest absolute Gasteiger partial charge is 0.385 e. The smallest absolute Gasteiger partial charge is 0.257 e. The molecule has 0 aliphatic rings. The summed E-state index contributed by atoms with van der Waals surface area (Å²) in [7, 11) is 0. The molecule has 0 spiro atoms. The van der Waals surface area contributed by atoms with E-state index in [0.717, 1.165) is 12.1 Å². The van der Waals surface area contributed by atoms with Gasteiger partial charge >= 0.3 is 0 Å². The minimum atomic E-state index is -0.837. The van der Waals surface area contributed by atoms with Crippen molar-refractivity contribution < 1.29 is 13.6 Å². The number of nitrogens with one attached hydrogen (secondary N) is 2. The van der Waals surface area contributed by atoms with Crippen molar-refractivity contribution in [2.45, 2.75) is 6.92 Å². The molecule has 110 valence electrons. The molecule has 21 heavy (non-hydrogen) atoms. The van der Waals surface area contributed by atoms with Crippen LogP contribution in [0, 0.1) is 11.6 Å². The second kappa shape index (κ2) is 6.67. The lowest BCUT2D eigenvalue weighted by molar-refractivity contribution is 0.102. The number of halogens is 3. The van der Waals surface area contributed by atoms with Crippen LogP contribution in [0.5, 0.6) is 0 Å². The van der Waals surface area contributed by atoms with Crippen LogP contribution in [0.3, 0.4) is 0 Å². The Kier molecular flexibility index (Phi) is 4.90. The zero-order valence-corrected chi connectivity index (χ0v) is 12.8. The van der Waals surface area contributed by atoms with Gasteiger partial charge in [-0.15, -0.1) is 0 Å². The Hall–Kier alpha value is -1.95. The highest BCUT2D eigenvalue weighted by molar-refractivity contribution is 9.10. The Labute approximate surface area is 129 Å². The van der Waals surface area contributed by atoms with Crippen molar-refractivity contribution in [1.29, 1.82) is 0 Å². The van der Waals surface area contributed by atoms with Crippen molar-refractivity contribution in [3.05, 3.63) is 58.1 Å². The van der Waals surface area contributed by atoms with Crippen LogP contribution in [0.1, 0.15) is 17.3 Å². The third-order valence-electron chi connectivity index (χ3n) is 2.78. The zero-order valence-electron chi connectivity index (χ0n) is 11.2. The zero-order chi connectivity index (χ0) is 15.4. The summed E-state index contributed by atoms with van der Waals surface area (Å²) in [5, 5.41) is 5.51.